The van der Waals surface area contributed by atoms with Crippen LogP contribution in [0.4, 0.5) is 18.3 Å². The Morgan fingerprint density at radius 3 is 2.46 bits per heavy atom. The maximum absolute atomic E-state index is 13.3. The molecule has 4 N–H and O–H groups in total. The second kappa shape index (κ2) is 13.2. The van der Waals surface area contributed by atoms with Crippen molar-refractivity contribution in [3.05, 3.63) is 11.6 Å². The van der Waals surface area contributed by atoms with Crippen LogP contribution in [0.3, 0.4) is 0 Å². The van der Waals surface area contributed by atoms with Gasteiger partial charge in [0.2, 0.25) is 12.3 Å². The van der Waals surface area contributed by atoms with E-state index in [1.165, 1.54) is 13.1 Å². The molecule has 35 heavy (non-hydrogen) atoms. The Bertz CT molecular complexity index is 817. The third-order valence-corrected chi connectivity index (χ3v) is 7.11. The van der Waals surface area contributed by atoms with Gasteiger partial charge in [0.1, 0.15) is 6.04 Å². The molecule has 1 aromatic rings. The zero-order valence-electron chi connectivity index (χ0n) is 19.7. The molecule has 2 rings (SSSR count). The van der Waals surface area contributed by atoms with Crippen LogP contribution in [0.5, 0.6) is 0 Å². The Balaban J connectivity index is 2.26. The van der Waals surface area contributed by atoms with Crippen molar-refractivity contribution in [1.82, 2.24) is 15.4 Å². The summed E-state index contributed by atoms with van der Waals surface area (Å²) in [5.41, 5.74) is 0. The molecule has 0 bridgehead atoms. The number of hydrogen-bond donors (Lipinski definition) is 4. The number of nitrogens with zero attached hydrogens (tertiary/aromatic N) is 2. The molecular weight excluding hydrogens is 489 g/mol. The predicted molar refractivity (Wildman–Crippen MR) is 122 cm³/mol. The van der Waals surface area contributed by atoms with Crippen LogP contribution in [0.1, 0.15) is 58.8 Å². The van der Waals surface area contributed by atoms with Gasteiger partial charge in [-0.1, -0.05) is 32.6 Å². The molecule has 1 saturated carbocycles. The van der Waals surface area contributed by atoms with Crippen molar-refractivity contribution in [3.63, 3.8) is 0 Å². The van der Waals surface area contributed by atoms with E-state index in [4.69, 9.17) is 0 Å². The number of aromatic nitrogens is 1. The topological polar surface area (TPSA) is 132 Å². The fourth-order valence-corrected chi connectivity index (χ4v) is 4.94. The van der Waals surface area contributed by atoms with Gasteiger partial charge in [-0.05, 0) is 31.6 Å². The number of amides is 3. The summed E-state index contributed by atoms with van der Waals surface area (Å²) in [6.45, 7) is 3.39. The molecule has 0 saturated heterocycles. The second-order valence-corrected chi connectivity index (χ2v) is 10.1. The first-order valence-corrected chi connectivity index (χ1v) is 12.5. The molecule has 198 valence electrons. The molecule has 9 nitrogen and oxygen atoms in total. The van der Waals surface area contributed by atoms with Crippen molar-refractivity contribution in [2.45, 2.75) is 83.2 Å². The van der Waals surface area contributed by atoms with Crippen molar-refractivity contribution in [1.29, 1.82) is 0 Å². The maximum Gasteiger partial charge on any atom is 0.389 e. The quantitative estimate of drug-likeness (QED) is 0.189. The van der Waals surface area contributed by atoms with Gasteiger partial charge in [0.15, 0.2) is 5.13 Å². The van der Waals surface area contributed by atoms with Crippen molar-refractivity contribution in [2.24, 2.45) is 17.8 Å². The summed E-state index contributed by atoms with van der Waals surface area (Å²) in [6.07, 6.45) is -3.01. The van der Waals surface area contributed by atoms with E-state index >= 15 is 0 Å². The summed E-state index contributed by atoms with van der Waals surface area (Å²) in [5.74, 6) is -2.30. The molecule has 1 aliphatic rings. The minimum absolute atomic E-state index is 0.00420. The third-order valence-electron chi connectivity index (χ3n) is 6.42. The molecular formula is C22H33F3N4O5S. The van der Waals surface area contributed by atoms with E-state index < -0.39 is 54.9 Å². The number of alkyl halides is 3. The van der Waals surface area contributed by atoms with E-state index in [9.17, 15) is 37.9 Å². The van der Waals surface area contributed by atoms with Gasteiger partial charge in [0.25, 0.3) is 5.91 Å². The van der Waals surface area contributed by atoms with Crippen LogP contribution in [0.25, 0.3) is 0 Å². The summed E-state index contributed by atoms with van der Waals surface area (Å²) in [5, 5.41) is 27.1. The van der Waals surface area contributed by atoms with Gasteiger partial charge < -0.3 is 15.7 Å². The minimum Gasteiger partial charge on any atom is -0.391 e. The average molecular weight is 523 g/mol. The SMILES string of the molecule is CC1CCC(C[C@@H](C(=O)N[C@H](C(=O)Nc2nccs2)[C@@H](C)O)[C@H](CCC(F)(F)F)N(O)C=O)CC1. The maximum atomic E-state index is 13.3. The number of carbonyl (C=O) groups excluding carboxylic acids is 3. The first kappa shape index (κ1) is 29.0. The van der Waals surface area contributed by atoms with Crippen LogP contribution in [0.2, 0.25) is 0 Å². The third kappa shape index (κ3) is 9.37. The van der Waals surface area contributed by atoms with Crippen LogP contribution in [-0.4, -0.2) is 62.9 Å². The lowest BCUT2D eigenvalue weighted by Crippen LogP contribution is -2.55. The number of hydroxylamine groups is 2. The lowest BCUT2D eigenvalue weighted by atomic mass is 9.76. The molecule has 1 aromatic heterocycles. The highest BCUT2D eigenvalue weighted by atomic mass is 32.1. The van der Waals surface area contributed by atoms with Crippen molar-refractivity contribution in [3.8, 4) is 0 Å². The predicted octanol–water partition coefficient (Wildman–Crippen LogP) is 3.34. The second-order valence-electron chi connectivity index (χ2n) is 9.23. The van der Waals surface area contributed by atoms with Crippen LogP contribution in [0, 0.1) is 17.8 Å². The van der Waals surface area contributed by atoms with E-state index in [2.05, 4.69) is 22.5 Å². The lowest BCUT2D eigenvalue weighted by molar-refractivity contribution is -0.178. The number of carbonyl (C=O) groups is 3. The standard InChI is InChI=1S/C22H33F3N4O5S/c1-13-3-5-15(6-4-13)11-16(17(29(34)12-30)7-8-22(23,24)25)19(32)27-18(14(2)31)20(33)28-21-26-9-10-35-21/h9-10,12-18,31,34H,3-8,11H2,1-2H3,(H,27,32)(H,26,28,33)/t13?,14-,15?,16-,17+,18+/m1/s1. The van der Waals surface area contributed by atoms with Gasteiger partial charge in [-0.3, -0.25) is 19.6 Å². The Morgan fingerprint density at radius 2 is 1.94 bits per heavy atom. The highest BCUT2D eigenvalue weighted by Crippen LogP contribution is 2.35. The van der Waals surface area contributed by atoms with E-state index in [1.54, 1.807) is 5.38 Å². The fraction of sp³-hybridized carbons (Fsp3) is 0.727. The van der Waals surface area contributed by atoms with E-state index in [0.29, 0.717) is 5.92 Å². The van der Waals surface area contributed by atoms with E-state index in [1.807, 2.05) is 0 Å². The zero-order chi connectivity index (χ0) is 26.2. The van der Waals surface area contributed by atoms with Gasteiger partial charge in [-0.25, -0.2) is 10.0 Å². The number of hydrogen-bond acceptors (Lipinski definition) is 7. The highest BCUT2D eigenvalue weighted by molar-refractivity contribution is 7.13. The average Bonchev–Trinajstić information content (AvgIpc) is 3.29. The van der Waals surface area contributed by atoms with Gasteiger partial charge in [-0.2, -0.15) is 13.2 Å². The number of nitrogens with one attached hydrogen (secondary N) is 2. The number of anilines is 1. The smallest absolute Gasteiger partial charge is 0.389 e. The molecule has 3 amide bonds. The number of halogens is 3. The number of thiazole rings is 1. The fourth-order valence-electron chi connectivity index (χ4n) is 4.40. The summed E-state index contributed by atoms with van der Waals surface area (Å²) >= 11 is 1.13. The first-order valence-electron chi connectivity index (χ1n) is 11.6. The molecule has 1 fully saturated rings. The highest BCUT2D eigenvalue weighted by Gasteiger charge is 2.40. The van der Waals surface area contributed by atoms with Crippen molar-refractivity contribution >= 4 is 34.7 Å². The molecule has 1 heterocycles. The van der Waals surface area contributed by atoms with Crippen LogP contribution in [0.15, 0.2) is 11.6 Å². The van der Waals surface area contributed by atoms with Gasteiger partial charge in [0.05, 0.1) is 18.1 Å². The van der Waals surface area contributed by atoms with Gasteiger partial charge >= 0.3 is 6.18 Å². The van der Waals surface area contributed by atoms with Gasteiger partial charge in [-0.15, -0.1) is 11.3 Å². The molecule has 0 aromatic carbocycles. The molecule has 1 aliphatic carbocycles. The number of aliphatic hydroxyl groups is 1. The number of rotatable bonds is 12. The minimum atomic E-state index is -4.56. The summed E-state index contributed by atoms with van der Waals surface area (Å²) in [4.78, 5) is 41.2. The van der Waals surface area contributed by atoms with Crippen molar-refractivity contribution in [2.75, 3.05) is 5.32 Å². The van der Waals surface area contributed by atoms with Crippen LogP contribution >= 0.6 is 11.3 Å². The van der Waals surface area contributed by atoms with E-state index in [0.717, 1.165) is 37.0 Å². The van der Waals surface area contributed by atoms with Crippen LogP contribution in [-0.2, 0) is 14.4 Å². The Kier molecular flexibility index (Phi) is 10.9. The molecule has 0 radical (unpaired) electrons. The van der Waals surface area contributed by atoms with E-state index in [-0.39, 0.29) is 28.9 Å². The van der Waals surface area contributed by atoms with Gasteiger partial charge in [0, 0.05) is 18.0 Å². The first-order chi connectivity index (χ1) is 16.4. The van der Waals surface area contributed by atoms with Crippen LogP contribution < -0.4 is 10.6 Å². The summed E-state index contributed by atoms with van der Waals surface area (Å²) < 4.78 is 38.9. The Hall–Kier alpha value is -2.25. The lowest BCUT2D eigenvalue weighted by Gasteiger charge is -2.35. The molecule has 4 atom stereocenters. The Labute approximate surface area is 206 Å². The molecule has 0 unspecified atom stereocenters. The monoisotopic (exact) mass is 522 g/mol. The van der Waals surface area contributed by atoms with Crippen molar-refractivity contribution < 1.29 is 37.9 Å². The zero-order valence-corrected chi connectivity index (χ0v) is 20.5. The largest absolute Gasteiger partial charge is 0.391 e. The number of aliphatic hydroxyl groups excluding tert-OH is 1. The Morgan fingerprint density at radius 1 is 1.29 bits per heavy atom. The normalized spacial score (nSPS) is 21.9. The summed E-state index contributed by atoms with van der Waals surface area (Å²) in [6, 6.07) is -2.88. The molecule has 13 heteroatoms. The molecule has 0 aliphatic heterocycles. The molecule has 0 spiro atoms. The summed E-state index contributed by atoms with van der Waals surface area (Å²) in [7, 11) is 0.